The molecule has 1 unspecified atom stereocenters. The van der Waals surface area contributed by atoms with Crippen molar-refractivity contribution in [3.63, 3.8) is 0 Å². The van der Waals surface area contributed by atoms with Gasteiger partial charge in [-0.3, -0.25) is 62.5 Å². The van der Waals surface area contributed by atoms with Crippen LogP contribution in [0.3, 0.4) is 0 Å². The summed E-state index contributed by atoms with van der Waals surface area (Å²) in [6, 6.07) is 4.37. The number of aryl methyl sites for hydroxylation is 1. The number of primary amides is 2. The Bertz CT molecular complexity index is 3710. The van der Waals surface area contributed by atoms with Gasteiger partial charge in [0.2, 0.25) is 70.9 Å². The Balaban J connectivity index is 1.42. The number of hydrogen-bond donors (Lipinski definition) is 16. The fourth-order valence-corrected chi connectivity index (χ4v) is 17.7. The van der Waals surface area contributed by atoms with Crippen molar-refractivity contribution in [1.82, 2.24) is 67.7 Å². The Labute approximate surface area is 640 Å². The third-order valence-electron chi connectivity index (χ3n) is 18.1. The zero-order chi connectivity index (χ0) is 80.3. The second-order valence-corrected chi connectivity index (χ2v) is 37.2. The highest BCUT2D eigenvalue weighted by Crippen LogP contribution is 2.51. The number of para-hydroxylation sites is 1. The Morgan fingerprint density at radius 1 is 0.636 bits per heavy atom. The zero-order valence-electron chi connectivity index (χ0n) is 63.8. The fourth-order valence-electron chi connectivity index (χ4n) is 12.6. The number of rotatable bonds is 44. The maximum atomic E-state index is 17.0. The lowest BCUT2D eigenvalue weighted by atomic mass is 10.00. The highest BCUT2D eigenvalue weighted by molar-refractivity contribution is 14.1. The number of imidazole rings is 1. The number of aromatic nitrogens is 3. The minimum Gasteiger partial charge on any atom is -0.390 e. The van der Waals surface area contributed by atoms with Crippen LogP contribution in [0.25, 0.3) is 10.9 Å². The lowest BCUT2D eigenvalue weighted by Gasteiger charge is -2.44. The van der Waals surface area contributed by atoms with Crippen molar-refractivity contribution >= 4 is 124 Å². The number of alkyl halides is 1. The van der Waals surface area contributed by atoms with Gasteiger partial charge in [-0.25, -0.2) is 4.98 Å². The Kier molecular flexibility index (Phi) is 35.9. The second kappa shape index (κ2) is 42.5. The lowest BCUT2D eigenvalue weighted by molar-refractivity contribution is -0.135. The summed E-state index contributed by atoms with van der Waals surface area (Å²) in [6.07, 6.45) is 3.08. The van der Waals surface area contributed by atoms with Crippen LogP contribution in [0.1, 0.15) is 164 Å². The van der Waals surface area contributed by atoms with Crippen LogP contribution >= 0.6 is 22.6 Å². The number of guanidine groups is 1. The van der Waals surface area contributed by atoms with E-state index in [2.05, 4.69) is 90.7 Å². The Hall–Kier alpha value is -9.06. The molecule has 12 amide bonds. The predicted octanol–water partition coefficient (Wildman–Crippen LogP) is 1.42. The number of halogens is 2. The first-order valence-corrected chi connectivity index (χ1v) is 39.3. The summed E-state index contributed by atoms with van der Waals surface area (Å²) in [7, 11) is -1.88. The topological polar surface area (TPSA) is 495 Å². The van der Waals surface area contributed by atoms with Crippen LogP contribution in [-0.2, 0) is 83.8 Å². The molecule has 0 saturated heterocycles. The summed E-state index contributed by atoms with van der Waals surface area (Å²) in [6.45, 7) is 21.2. The molecule has 2 aromatic carbocycles. The standard InChI is InChI=1S/C73H114FIN18O13Si/c1-41(2)31-54(64(77)100)88-61(98)36-57(94)53(32-43(5)75)90-69(105)56(35-47-38-80-40-93(47)13)89-62(99)39-84-70(106)63(42(3)4)92-65(101)44(6)85-68(104)55(34-46-37-83-50-20-15-14-19-49(46)50)91-67(103)52(27-28-58(76)95)86-59(96)22-16-17-29-81-66(102)51(21-18-30-82-71(78)79)87-60(97)33-45-23-25-48(26-24-45)107(74,72(7,8)9)73(10,11)12/h14-15,19-20,23-26,37-38,40-44,51-57,63,83,94H,16-18,21-22,27-36,39H2,1-13H3,(H2,76,95)(H2,77,100)(H,81,102)(H,84,106)(H,85,104)(H,86,96)(H,87,97)(H,88,98)(H,89,99)(H,90,105)(H,91,103)(H,92,101)(H4,78,79,82)/t43?,44-,51-,52-,53-,54-,55-,56-,57-,63-/m0/s1. The number of nitrogens with two attached hydrogens (primary N) is 4. The number of aliphatic hydroxyl groups excluding tert-OH is 1. The molecule has 4 rings (SSSR count). The van der Waals surface area contributed by atoms with Crippen LogP contribution in [0.4, 0.5) is 4.11 Å². The van der Waals surface area contributed by atoms with E-state index in [-0.39, 0.29) is 99.5 Å². The summed E-state index contributed by atoms with van der Waals surface area (Å²) in [4.78, 5) is 174. The number of carbonyl (C=O) groups is 12. The molecule has 10 atom stereocenters. The van der Waals surface area contributed by atoms with E-state index in [1.54, 1.807) is 80.2 Å². The van der Waals surface area contributed by atoms with Gasteiger partial charge >= 0.3 is 0 Å². The highest BCUT2D eigenvalue weighted by Gasteiger charge is 2.56. The van der Waals surface area contributed by atoms with E-state index in [1.165, 1.54) is 19.4 Å². The first kappa shape index (κ1) is 90.3. The minimum absolute atomic E-state index is 0.0159. The number of unbranched alkanes of at least 4 members (excludes halogenated alkanes) is 1. The maximum absolute atomic E-state index is 17.0. The number of aliphatic imine (C=N–C) groups is 1. The molecule has 31 nitrogen and oxygen atoms in total. The highest BCUT2D eigenvalue weighted by atomic mass is 127. The Morgan fingerprint density at radius 3 is 1.82 bits per heavy atom. The first-order chi connectivity index (χ1) is 50.0. The van der Waals surface area contributed by atoms with Gasteiger partial charge in [0.1, 0.15) is 42.3 Å². The number of amides is 12. The number of hydrogen-bond acceptors (Lipinski definition) is 15. The molecule has 0 bridgehead atoms. The number of aromatic amines is 1. The van der Waals surface area contributed by atoms with E-state index in [0.717, 1.165) is 0 Å². The van der Waals surface area contributed by atoms with E-state index in [1.807, 2.05) is 62.3 Å². The number of nitrogens with one attached hydrogen (secondary N) is 11. The number of H-pyrrole nitrogens is 1. The number of aliphatic hydroxyl groups is 1. The van der Waals surface area contributed by atoms with Gasteiger partial charge in [-0.1, -0.05) is 141 Å². The van der Waals surface area contributed by atoms with Crippen molar-refractivity contribution in [2.45, 2.75) is 235 Å². The van der Waals surface area contributed by atoms with E-state index in [9.17, 15) is 62.6 Å². The number of benzene rings is 2. The van der Waals surface area contributed by atoms with Gasteiger partial charge in [-0.15, -0.1) is 0 Å². The van der Waals surface area contributed by atoms with E-state index in [0.29, 0.717) is 39.3 Å². The van der Waals surface area contributed by atoms with Crippen molar-refractivity contribution in [1.29, 1.82) is 0 Å². The number of nitrogens with zero attached hydrogens (tertiary/aromatic N) is 3. The van der Waals surface area contributed by atoms with Crippen LogP contribution < -0.4 is 81.3 Å². The van der Waals surface area contributed by atoms with Crippen molar-refractivity contribution in [3.8, 4) is 0 Å². The van der Waals surface area contributed by atoms with Gasteiger partial charge in [-0.2, -0.15) is 0 Å². The van der Waals surface area contributed by atoms with E-state index < -0.39 is 163 Å². The molecular weight excluding hydrogens is 1510 g/mol. The second-order valence-electron chi connectivity index (χ2n) is 30.2. The zero-order valence-corrected chi connectivity index (χ0v) is 67.0. The van der Waals surface area contributed by atoms with Crippen LogP contribution in [0.15, 0.2) is 72.2 Å². The molecule has 34 heteroatoms. The molecular formula is C73H114FIN18O13Si. The van der Waals surface area contributed by atoms with Gasteiger partial charge in [-0.05, 0) is 96.2 Å². The maximum Gasteiger partial charge on any atom is 0.288 e. The lowest BCUT2D eigenvalue weighted by Crippen LogP contribution is -2.59. The smallest absolute Gasteiger partial charge is 0.288 e. The molecule has 0 saturated carbocycles. The molecule has 0 aliphatic rings. The molecule has 0 spiro atoms. The largest absolute Gasteiger partial charge is 0.390 e. The number of carbonyl (C=O) groups excluding carboxylic acids is 12. The molecule has 0 aliphatic carbocycles. The number of fused-ring (bicyclic) bond motifs is 1. The van der Waals surface area contributed by atoms with Crippen molar-refractivity contribution in [2.75, 3.05) is 19.6 Å². The van der Waals surface area contributed by atoms with Crippen molar-refractivity contribution in [3.05, 3.63) is 84.1 Å². The van der Waals surface area contributed by atoms with Crippen LogP contribution in [0.5, 0.6) is 0 Å². The third kappa shape index (κ3) is 29.6. The summed E-state index contributed by atoms with van der Waals surface area (Å²) in [5.41, 5.74) is 24.5. The molecule has 592 valence electrons. The summed E-state index contributed by atoms with van der Waals surface area (Å²) in [5.74, 6) is -9.38. The van der Waals surface area contributed by atoms with Crippen molar-refractivity contribution in [2.24, 2.45) is 46.8 Å². The molecule has 0 aliphatic heterocycles. The van der Waals surface area contributed by atoms with Gasteiger partial charge < -0.3 is 94.9 Å². The SMILES string of the molecule is CC(C)C[C@H](NC(=O)C[C@H](O)[C@H](CC(C)I)NC(=O)[C@H](Cc1cncn1C)NC(=O)CNC(=O)[C@@H](NC(=O)[C@H](C)NC(=O)[C@H](Cc1c[nH]c2ccccc12)NC(=O)[C@H](CCC(N)=O)NC(=O)CCCCNC(=O)[C@H](CCCN=C(N)N)NC(=O)Cc1ccc([Si](F)(C(C)(C)C)C(C)(C)C)cc1)C(C)C)C(N)=O. The van der Waals surface area contributed by atoms with Crippen LogP contribution in [0.2, 0.25) is 10.1 Å². The monoisotopic (exact) mass is 1620 g/mol. The predicted molar refractivity (Wildman–Crippen MR) is 417 cm³/mol. The normalized spacial score (nSPS) is 14.6. The van der Waals surface area contributed by atoms with Gasteiger partial charge in [0.15, 0.2) is 5.96 Å². The van der Waals surface area contributed by atoms with Gasteiger partial charge in [0, 0.05) is 78.7 Å². The molecule has 20 N–H and O–H groups in total. The minimum atomic E-state index is -3.56. The van der Waals surface area contributed by atoms with E-state index >= 15 is 4.11 Å². The fraction of sp³-hybridized carbons (Fsp3) is 0.589. The first-order valence-electron chi connectivity index (χ1n) is 36.2. The van der Waals surface area contributed by atoms with Crippen LogP contribution in [0, 0.1) is 11.8 Å². The average molecular weight is 1630 g/mol. The summed E-state index contributed by atoms with van der Waals surface area (Å²) in [5, 5.41) is 38.2. The Morgan fingerprint density at radius 2 is 1.23 bits per heavy atom. The average Bonchev–Trinajstić information content (AvgIpc) is 1.54. The summed E-state index contributed by atoms with van der Waals surface area (Å²) < 4.78 is 18.5. The molecule has 107 heavy (non-hydrogen) atoms. The molecule has 2 heterocycles. The molecule has 0 fully saturated rings. The van der Waals surface area contributed by atoms with Crippen molar-refractivity contribution < 1.29 is 66.7 Å². The quantitative estimate of drug-likeness (QED) is 0.00566. The van der Waals surface area contributed by atoms with Gasteiger partial charge in [0.05, 0.1) is 37.9 Å². The molecule has 4 aromatic rings. The van der Waals surface area contributed by atoms with Crippen LogP contribution in [-0.4, -0.2) is 183 Å². The summed E-state index contributed by atoms with van der Waals surface area (Å²) >= 11 is 2.10. The molecule has 0 radical (unpaired) electrons. The van der Waals surface area contributed by atoms with E-state index in [4.69, 9.17) is 22.9 Å². The van der Waals surface area contributed by atoms with Gasteiger partial charge in [0.25, 0.3) is 8.41 Å². The molecule has 2 aromatic heterocycles. The third-order valence-corrected chi connectivity index (χ3v) is 23.9.